The Morgan fingerprint density at radius 3 is 2.64 bits per heavy atom. The number of hydrogen-bond acceptors (Lipinski definition) is 3. The van der Waals surface area contributed by atoms with Gasteiger partial charge >= 0.3 is 0 Å². The summed E-state index contributed by atoms with van der Waals surface area (Å²) >= 11 is 1.47. The Morgan fingerprint density at radius 1 is 1.20 bits per heavy atom. The molecule has 1 amide bonds. The van der Waals surface area contributed by atoms with E-state index in [0.29, 0.717) is 5.75 Å². The number of aryl methyl sites for hydroxylation is 1. The molecule has 0 saturated heterocycles. The first kappa shape index (κ1) is 17.5. The topological polar surface area (TPSA) is 46.9 Å². The van der Waals surface area contributed by atoms with Crippen LogP contribution in [0.1, 0.15) is 25.8 Å². The maximum atomic E-state index is 12.1. The summed E-state index contributed by atoms with van der Waals surface area (Å²) in [4.78, 5) is 16.9. The monoisotopic (exact) mass is 353 g/mol. The SMILES string of the molecule is CC[C@@H](C)NC(=O)CSc1nc2ccccc2n1-c1ccc(C)cc1. The van der Waals surface area contributed by atoms with Crippen LogP contribution in [-0.4, -0.2) is 27.3 Å². The smallest absolute Gasteiger partial charge is 0.230 e. The number of aromatic nitrogens is 2. The summed E-state index contributed by atoms with van der Waals surface area (Å²) in [5.74, 6) is 0.404. The molecule has 130 valence electrons. The average Bonchev–Trinajstić information content (AvgIpc) is 2.99. The zero-order valence-electron chi connectivity index (χ0n) is 14.8. The first-order valence-electron chi connectivity index (χ1n) is 8.55. The number of thioether (sulfide) groups is 1. The summed E-state index contributed by atoms with van der Waals surface area (Å²) in [7, 11) is 0. The van der Waals surface area contributed by atoms with Gasteiger partial charge in [0.2, 0.25) is 5.91 Å². The molecule has 1 atom stereocenters. The van der Waals surface area contributed by atoms with Crippen LogP contribution >= 0.6 is 11.8 Å². The molecule has 2 aromatic carbocycles. The minimum atomic E-state index is 0.0434. The van der Waals surface area contributed by atoms with Gasteiger partial charge in [0.25, 0.3) is 0 Å². The number of carbonyl (C=O) groups is 1. The Bertz CT molecular complexity index is 870. The van der Waals surface area contributed by atoms with E-state index in [1.165, 1.54) is 17.3 Å². The molecule has 1 aromatic heterocycles. The van der Waals surface area contributed by atoms with E-state index in [1.54, 1.807) is 0 Å². The van der Waals surface area contributed by atoms with E-state index in [0.717, 1.165) is 28.3 Å². The van der Waals surface area contributed by atoms with E-state index >= 15 is 0 Å². The van der Waals surface area contributed by atoms with Crippen LogP contribution in [0.25, 0.3) is 16.7 Å². The van der Waals surface area contributed by atoms with E-state index < -0.39 is 0 Å². The predicted molar refractivity (Wildman–Crippen MR) is 104 cm³/mol. The average molecular weight is 353 g/mol. The lowest BCUT2D eigenvalue weighted by molar-refractivity contribution is -0.119. The summed E-state index contributed by atoms with van der Waals surface area (Å²) in [6, 6.07) is 16.6. The van der Waals surface area contributed by atoms with Gasteiger partial charge in [-0.25, -0.2) is 4.98 Å². The highest BCUT2D eigenvalue weighted by atomic mass is 32.2. The van der Waals surface area contributed by atoms with Crippen molar-refractivity contribution < 1.29 is 4.79 Å². The van der Waals surface area contributed by atoms with Crippen molar-refractivity contribution in [3.8, 4) is 5.69 Å². The maximum Gasteiger partial charge on any atom is 0.230 e. The van der Waals surface area contributed by atoms with Crippen molar-refractivity contribution >= 4 is 28.7 Å². The molecule has 5 heteroatoms. The highest BCUT2D eigenvalue weighted by Crippen LogP contribution is 2.28. The number of benzene rings is 2. The zero-order valence-corrected chi connectivity index (χ0v) is 15.6. The van der Waals surface area contributed by atoms with Gasteiger partial charge in [0, 0.05) is 11.7 Å². The van der Waals surface area contributed by atoms with Crippen molar-refractivity contribution in [3.05, 3.63) is 54.1 Å². The Kier molecular flexibility index (Phi) is 5.43. The van der Waals surface area contributed by atoms with E-state index in [4.69, 9.17) is 4.98 Å². The first-order valence-corrected chi connectivity index (χ1v) is 9.53. The van der Waals surface area contributed by atoms with Gasteiger partial charge in [-0.3, -0.25) is 9.36 Å². The van der Waals surface area contributed by atoms with Crippen LogP contribution in [0.4, 0.5) is 0 Å². The van der Waals surface area contributed by atoms with E-state index in [9.17, 15) is 4.79 Å². The summed E-state index contributed by atoms with van der Waals surface area (Å²) < 4.78 is 2.12. The molecule has 0 aliphatic carbocycles. The molecule has 3 aromatic rings. The number of carbonyl (C=O) groups excluding carboxylic acids is 1. The molecular weight excluding hydrogens is 330 g/mol. The van der Waals surface area contributed by atoms with Crippen LogP contribution in [-0.2, 0) is 4.79 Å². The molecule has 0 saturated carbocycles. The van der Waals surface area contributed by atoms with Crippen molar-refractivity contribution in [3.63, 3.8) is 0 Å². The lowest BCUT2D eigenvalue weighted by Crippen LogP contribution is -2.33. The molecule has 4 nitrogen and oxygen atoms in total. The molecule has 0 spiro atoms. The van der Waals surface area contributed by atoms with Crippen molar-refractivity contribution in [1.82, 2.24) is 14.9 Å². The molecule has 1 heterocycles. The lowest BCUT2D eigenvalue weighted by atomic mass is 10.2. The number of rotatable bonds is 6. The molecular formula is C20H23N3OS. The zero-order chi connectivity index (χ0) is 17.8. The van der Waals surface area contributed by atoms with Gasteiger partial charge in [-0.05, 0) is 44.5 Å². The Labute approximate surface area is 152 Å². The highest BCUT2D eigenvalue weighted by Gasteiger charge is 2.14. The van der Waals surface area contributed by atoms with Crippen LogP contribution in [0.3, 0.4) is 0 Å². The van der Waals surface area contributed by atoms with E-state index in [2.05, 4.69) is 54.1 Å². The van der Waals surface area contributed by atoms with Gasteiger partial charge in [-0.15, -0.1) is 0 Å². The quantitative estimate of drug-likeness (QED) is 0.671. The van der Waals surface area contributed by atoms with Gasteiger partial charge in [0.15, 0.2) is 5.16 Å². The maximum absolute atomic E-state index is 12.1. The number of para-hydroxylation sites is 2. The van der Waals surface area contributed by atoms with Gasteiger partial charge in [0.1, 0.15) is 0 Å². The third-order valence-electron chi connectivity index (χ3n) is 4.17. The standard InChI is InChI=1S/C20H23N3OS/c1-4-15(3)21-19(24)13-25-20-22-17-7-5-6-8-18(17)23(20)16-11-9-14(2)10-12-16/h5-12,15H,4,13H2,1-3H3,(H,21,24)/t15-/m1/s1. The highest BCUT2D eigenvalue weighted by molar-refractivity contribution is 7.99. The normalized spacial score (nSPS) is 12.3. The first-order chi connectivity index (χ1) is 12.1. The fourth-order valence-electron chi connectivity index (χ4n) is 2.59. The Morgan fingerprint density at radius 2 is 1.92 bits per heavy atom. The molecule has 0 bridgehead atoms. The largest absolute Gasteiger partial charge is 0.353 e. The summed E-state index contributed by atoms with van der Waals surface area (Å²) in [6.07, 6.45) is 0.929. The fourth-order valence-corrected chi connectivity index (χ4v) is 3.43. The predicted octanol–water partition coefficient (Wildman–Crippen LogP) is 4.34. The number of nitrogens with one attached hydrogen (secondary N) is 1. The number of nitrogens with zero attached hydrogens (tertiary/aromatic N) is 2. The number of hydrogen-bond donors (Lipinski definition) is 1. The van der Waals surface area contributed by atoms with Gasteiger partial charge in [-0.1, -0.05) is 48.5 Å². The number of imidazole rings is 1. The van der Waals surface area contributed by atoms with E-state index in [1.807, 2.05) is 25.1 Å². The van der Waals surface area contributed by atoms with Gasteiger partial charge in [0.05, 0.1) is 16.8 Å². The summed E-state index contributed by atoms with van der Waals surface area (Å²) in [5, 5.41) is 3.84. The Hall–Kier alpha value is -2.27. The number of fused-ring (bicyclic) bond motifs is 1. The molecule has 25 heavy (non-hydrogen) atoms. The molecule has 0 unspecified atom stereocenters. The molecule has 1 N–H and O–H groups in total. The second kappa shape index (κ2) is 7.74. The van der Waals surface area contributed by atoms with Crippen molar-refractivity contribution in [2.24, 2.45) is 0 Å². The van der Waals surface area contributed by atoms with E-state index in [-0.39, 0.29) is 11.9 Å². The van der Waals surface area contributed by atoms with Crippen LogP contribution in [0.5, 0.6) is 0 Å². The molecule has 0 fully saturated rings. The molecule has 0 radical (unpaired) electrons. The lowest BCUT2D eigenvalue weighted by Gasteiger charge is -2.12. The third kappa shape index (κ3) is 4.04. The van der Waals surface area contributed by atoms with Gasteiger partial charge < -0.3 is 5.32 Å². The van der Waals surface area contributed by atoms with Crippen molar-refractivity contribution in [1.29, 1.82) is 0 Å². The molecule has 0 aliphatic rings. The van der Waals surface area contributed by atoms with Crippen LogP contribution in [0, 0.1) is 6.92 Å². The second-order valence-electron chi connectivity index (χ2n) is 6.22. The molecule has 3 rings (SSSR count). The minimum Gasteiger partial charge on any atom is -0.353 e. The fraction of sp³-hybridized carbons (Fsp3) is 0.300. The summed E-state index contributed by atoms with van der Waals surface area (Å²) in [6.45, 7) is 6.16. The second-order valence-corrected chi connectivity index (χ2v) is 7.16. The van der Waals surface area contributed by atoms with Crippen LogP contribution in [0.2, 0.25) is 0 Å². The summed E-state index contributed by atoms with van der Waals surface area (Å²) in [5.41, 5.74) is 4.27. The van der Waals surface area contributed by atoms with Crippen LogP contribution in [0.15, 0.2) is 53.7 Å². The van der Waals surface area contributed by atoms with Crippen molar-refractivity contribution in [2.75, 3.05) is 5.75 Å². The van der Waals surface area contributed by atoms with Gasteiger partial charge in [-0.2, -0.15) is 0 Å². The number of amides is 1. The molecule has 0 aliphatic heterocycles. The van der Waals surface area contributed by atoms with Crippen LogP contribution < -0.4 is 5.32 Å². The Balaban J connectivity index is 1.91. The minimum absolute atomic E-state index is 0.0434. The van der Waals surface area contributed by atoms with Crippen molar-refractivity contribution in [2.45, 2.75) is 38.4 Å². The third-order valence-corrected chi connectivity index (χ3v) is 5.11.